The zero-order valence-electron chi connectivity index (χ0n) is 10.9. The van der Waals surface area contributed by atoms with Crippen molar-refractivity contribution in [2.45, 2.75) is 38.6 Å². The topological polar surface area (TPSA) is 68.0 Å². The van der Waals surface area contributed by atoms with Gasteiger partial charge in [0, 0.05) is 12.7 Å². The van der Waals surface area contributed by atoms with Crippen molar-refractivity contribution in [1.82, 2.24) is 10.3 Å². The first-order chi connectivity index (χ1) is 8.68. The molecule has 1 aliphatic rings. The molecule has 0 aliphatic heterocycles. The molecule has 1 aliphatic carbocycles. The number of nitrogens with one attached hydrogen (secondary N) is 1. The molecule has 1 aromatic heterocycles. The summed E-state index contributed by atoms with van der Waals surface area (Å²) in [5.41, 5.74) is 6.35. The summed E-state index contributed by atoms with van der Waals surface area (Å²) in [6, 6.07) is 5.66. The van der Waals surface area contributed by atoms with Gasteiger partial charge < -0.3 is 11.1 Å². The predicted octanol–water partition coefficient (Wildman–Crippen LogP) is 1.78. The van der Waals surface area contributed by atoms with Crippen LogP contribution in [0, 0.1) is 5.41 Å². The molecule has 4 nitrogen and oxygen atoms in total. The van der Waals surface area contributed by atoms with Crippen LogP contribution in [0.3, 0.4) is 0 Å². The largest absolute Gasteiger partial charge is 0.347 e. The van der Waals surface area contributed by atoms with Crippen molar-refractivity contribution >= 4 is 5.91 Å². The Kier molecular flexibility index (Phi) is 3.97. The Labute approximate surface area is 108 Å². The number of amides is 1. The van der Waals surface area contributed by atoms with Crippen LogP contribution in [0.25, 0.3) is 0 Å². The second-order valence-corrected chi connectivity index (χ2v) is 5.14. The van der Waals surface area contributed by atoms with Crippen molar-refractivity contribution in [2.24, 2.45) is 11.1 Å². The first-order valence-corrected chi connectivity index (χ1v) is 6.60. The number of hydrogen-bond donors (Lipinski definition) is 2. The SMILES string of the molecule is C[C@H](NC(=O)C1(CN)CCCC1)c1ccccn1. The van der Waals surface area contributed by atoms with E-state index < -0.39 is 0 Å². The van der Waals surface area contributed by atoms with Crippen LogP contribution in [0.15, 0.2) is 24.4 Å². The zero-order chi connectivity index (χ0) is 13.0. The van der Waals surface area contributed by atoms with Gasteiger partial charge in [0.05, 0.1) is 17.2 Å². The van der Waals surface area contributed by atoms with E-state index in [-0.39, 0.29) is 17.4 Å². The van der Waals surface area contributed by atoms with E-state index >= 15 is 0 Å². The third-order valence-corrected chi connectivity index (χ3v) is 3.91. The minimum atomic E-state index is -0.344. The van der Waals surface area contributed by atoms with Crippen LogP contribution in [0.1, 0.15) is 44.3 Å². The van der Waals surface area contributed by atoms with Crippen LogP contribution < -0.4 is 11.1 Å². The lowest BCUT2D eigenvalue weighted by Gasteiger charge is -2.27. The molecule has 1 saturated carbocycles. The van der Waals surface area contributed by atoms with Crippen LogP contribution in [-0.4, -0.2) is 17.4 Å². The smallest absolute Gasteiger partial charge is 0.228 e. The van der Waals surface area contributed by atoms with Crippen LogP contribution in [0.4, 0.5) is 0 Å². The number of nitrogens with zero attached hydrogens (tertiary/aromatic N) is 1. The van der Waals surface area contributed by atoms with E-state index in [1.807, 2.05) is 25.1 Å². The predicted molar refractivity (Wildman–Crippen MR) is 70.8 cm³/mol. The van der Waals surface area contributed by atoms with E-state index in [1.54, 1.807) is 6.20 Å². The quantitative estimate of drug-likeness (QED) is 0.852. The Hall–Kier alpha value is -1.42. The average Bonchev–Trinajstić information content (AvgIpc) is 2.89. The fourth-order valence-corrected chi connectivity index (χ4v) is 2.63. The highest BCUT2D eigenvalue weighted by molar-refractivity contribution is 5.83. The van der Waals surface area contributed by atoms with Gasteiger partial charge in [-0.15, -0.1) is 0 Å². The molecule has 0 unspecified atom stereocenters. The lowest BCUT2D eigenvalue weighted by Crippen LogP contribution is -2.45. The Morgan fingerprint density at radius 1 is 1.50 bits per heavy atom. The maximum atomic E-state index is 12.4. The molecular weight excluding hydrogens is 226 g/mol. The molecule has 0 saturated heterocycles. The zero-order valence-corrected chi connectivity index (χ0v) is 10.9. The highest BCUT2D eigenvalue weighted by atomic mass is 16.2. The number of rotatable bonds is 4. The number of hydrogen-bond acceptors (Lipinski definition) is 3. The molecule has 1 atom stereocenters. The summed E-state index contributed by atoms with van der Waals surface area (Å²) in [4.78, 5) is 16.6. The highest BCUT2D eigenvalue weighted by Crippen LogP contribution is 2.37. The molecule has 0 aromatic carbocycles. The van der Waals surface area contributed by atoms with Gasteiger partial charge in [-0.05, 0) is 31.9 Å². The second-order valence-electron chi connectivity index (χ2n) is 5.14. The maximum absolute atomic E-state index is 12.4. The Balaban J connectivity index is 2.03. The number of carbonyl (C=O) groups excluding carboxylic acids is 1. The van der Waals surface area contributed by atoms with Gasteiger partial charge in [0.1, 0.15) is 0 Å². The maximum Gasteiger partial charge on any atom is 0.228 e. The molecule has 2 rings (SSSR count). The van der Waals surface area contributed by atoms with Crippen molar-refractivity contribution in [3.63, 3.8) is 0 Å². The first-order valence-electron chi connectivity index (χ1n) is 6.60. The molecule has 18 heavy (non-hydrogen) atoms. The van der Waals surface area contributed by atoms with Crippen molar-refractivity contribution in [1.29, 1.82) is 0 Å². The van der Waals surface area contributed by atoms with Gasteiger partial charge in [-0.2, -0.15) is 0 Å². The molecule has 98 valence electrons. The van der Waals surface area contributed by atoms with Crippen molar-refractivity contribution in [3.8, 4) is 0 Å². The normalized spacial score (nSPS) is 19.4. The summed E-state index contributed by atoms with van der Waals surface area (Å²) in [6.45, 7) is 2.40. The third-order valence-electron chi connectivity index (χ3n) is 3.91. The van der Waals surface area contributed by atoms with Gasteiger partial charge in [0.15, 0.2) is 0 Å². The van der Waals surface area contributed by atoms with E-state index in [4.69, 9.17) is 5.73 Å². The summed E-state index contributed by atoms with van der Waals surface area (Å²) in [5, 5.41) is 3.05. The number of nitrogens with two attached hydrogens (primary N) is 1. The van der Waals surface area contributed by atoms with Gasteiger partial charge in [0.25, 0.3) is 0 Å². The summed E-state index contributed by atoms with van der Waals surface area (Å²) >= 11 is 0. The van der Waals surface area contributed by atoms with E-state index in [1.165, 1.54) is 0 Å². The number of pyridine rings is 1. The van der Waals surface area contributed by atoms with Crippen LogP contribution in [0.2, 0.25) is 0 Å². The van der Waals surface area contributed by atoms with Gasteiger partial charge >= 0.3 is 0 Å². The minimum Gasteiger partial charge on any atom is -0.347 e. The molecule has 0 bridgehead atoms. The Bertz CT molecular complexity index is 399. The van der Waals surface area contributed by atoms with E-state index in [0.717, 1.165) is 31.4 Å². The molecule has 0 radical (unpaired) electrons. The van der Waals surface area contributed by atoms with Gasteiger partial charge in [0.2, 0.25) is 5.91 Å². The van der Waals surface area contributed by atoms with Crippen molar-refractivity contribution < 1.29 is 4.79 Å². The second kappa shape index (κ2) is 5.48. The fourth-order valence-electron chi connectivity index (χ4n) is 2.63. The molecule has 1 amide bonds. The van der Waals surface area contributed by atoms with Gasteiger partial charge in [-0.1, -0.05) is 18.9 Å². The lowest BCUT2D eigenvalue weighted by atomic mass is 9.85. The highest BCUT2D eigenvalue weighted by Gasteiger charge is 2.40. The monoisotopic (exact) mass is 247 g/mol. The molecule has 4 heteroatoms. The van der Waals surface area contributed by atoms with E-state index in [9.17, 15) is 4.79 Å². The number of carbonyl (C=O) groups is 1. The molecular formula is C14H21N3O. The molecule has 1 fully saturated rings. The third kappa shape index (κ3) is 2.53. The summed E-state index contributed by atoms with van der Waals surface area (Å²) in [6.07, 6.45) is 5.76. The van der Waals surface area contributed by atoms with Crippen LogP contribution in [0.5, 0.6) is 0 Å². The lowest BCUT2D eigenvalue weighted by molar-refractivity contribution is -0.131. The van der Waals surface area contributed by atoms with Crippen LogP contribution >= 0.6 is 0 Å². The van der Waals surface area contributed by atoms with Crippen molar-refractivity contribution in [2.75, 3.05) is 6.54 Å². The molecule has 0 spiro atoms. The average molecular weight is 247 g/mol. The first kappa shape index (κ1) is 13.0. The minimum absolute atomic E-state index is 0.0669. The van der Waals surface area contributed by atoms with Gasteiger partial charge in [-0.25, -0.2) is 0 Å². The Morgan fingerprint density at radius 2 is 2.22 bits per heavy atom. The number of aromatic nitrogens is 1. The fraction of sp³-hybridized carbons (Fsp3) is 0.571. The molecule has 1 heterocycles. The van der Waals surface area contributed by atoms with Crippen molar-refractivity contribution in [3.05, 3.63) is 30.1 Å². The summed E-state index contributed by atoms with van der Waals surface area (Å²) < 4.78 is 0. The summed E-state index contributed by atoms with van der Waals surface area (Å²) in [7, 11) is 0. The van der Waals surface area contributed by atoms with Gasteiger partial charge in [-0.3, -0.25) is 9.78 Å². The van der Waals surface area contributed by atoms with Crippen LogP contribution in [-0.2, 0) is 4.79 Å². The molecule has 1 aromatic rings. The summed E-state index contributed by atoms with van der Waals surface area (Å²) in [5.74, 6) is 0.0839. The molecule has 3 N–H and O–H groups in total. The standard InChI is InChI=1S/C14H21N3O/c1-11(12-6-2-5-9-16-12)17-13(18)14(10-15)7-3-4-8-14/h2,5-6,9,11H,3-4,7-8,10,15H2,1H3,(H,17,18)/t11-/m0/s1. The van der Waals surface area contributed by atoms with E-state index in [0.29, 0.717) is 6.54 Å². The Morgan fingerprint density at radius 3 is 2.78 bits per heavy atom. The van der Waals surface area contributed by atoms with E-state index in [2.05, 4.69) is 10.3 Å².